The van der Waals surface area contributed by atoms with Crippen molar-refractivity contribution in [2.45, 2.75) is 149 Å². The van der Waals surface area contributed by atoms with Crippen LogP contribution in [0.4, 0.5) is 0 Å². The lowest BCUT2D eigenvalue weighted by Crippen LogP contribution is -2.53. The van der Waals surface area contributed by atoms with Crippen LogP contribution in [0.3, 0.4) is 0 Å². The van der Waals surface area contributed by atoms with Gasteiger partial charge in [0.15, 0.2) is 0 Å². The Hall–Kier alpha value is -4.47. The normalized spacial score (nSPS) is 15.1. The van der Waals surface area contributed by atoms with Crippen molar-refractivity contribution in [3.63, 3.8) is 0 Å². The lowest BCUT2D eigenvalue weighted by Gasteiger charge is -2.32. The SMILES string of the molecule is COC(=O)C(CCCN)(CCCN)CNC(=O)C(Cc1c(C(C)(C)C)[nH]c2cc(C(C)(C)C)cc(C(C)(C)C)c12)NC(=O)C1c2ccccc2-c2ccc(C(C)(C)C)cc21. The fourth-order valence-electron chi connectivity index (χ4n) is 8.95. The summed E-state index contributed by atoms with van der Waals surface area (Å²) in [5.41, 5.74) is 20.5. The molecule has 0 saturated heterocycles. The van der Waals surface area contributed by atoms with Crippen molar-refractivity contribution >= 4 is 28.7 Å². The highest BCUT2D eigenvalue weighted by Crippen LogP contribution is 2.47. The summed E-state index contributed by atoms with van der Waals surface area (Å²) < 4.78 is 5.35. The molecule has 7 N–H and O–H groups in total. The molecule has 0 saturated carbocycles. The smallest absolute Gasteiger partial charge is 0.313 e. The molecule has 0 bridgehead atoms. The molecule has 4 aromatic rings. The number of hydrogen-bond acceptors (Lipinski definition) is 6. The van der Waals surface area contributed by atoms with E-state index in [-0.39, 0.29) is 46.4 Å². The summed E-state index contributed by atoms with van der Waals surface area (Å²) >= 11 is 0. The monoisotopic (exact) mass is 820 g/mol. The molecule has 60 heavy (non-hydrogen) atoms. The highest BCUT2D eigenvalue weighted by Gasteiger charge is 2.41. The van der Waals surface area contributed by atoms with Crippen LogP contribution in [0, 0.1) is 5.41 Å². The molecule has 1 aliphatic rings. The van der Waals surface area contributed by atoms with Crippen LogP contribution in [0.2, 0.25) is 0 Å². The summed E-state index contributed by atoms with van der Waals surface area (Å²) in [4.78, 5) is 47.6. The van der Waals surface area contributed by atoms with Crippen molar-refractivity contribution in [1.82, 2.24) is 15.6 Å². The zero-order valence-electron chi connectivity index (χ0n) is 38.8. The fourth-order valence-corrected chi connectivity index (χ4v) is 8.95. The number of nitrogens with one attached hydrogen (secondary N) is 3. The van der Waals surface area contributed by atoms with Crippen LogP contribution in [-0.2, 0) is 47.2 Å². The number of methoxy groups -OCH3 is 1. The molecule has 326 valence electrons. The first-order valence-corrected chi connectivity index (χ1v) is 21.9. The summed E-state index contributed by atoms with van der Waals surface area (Å²) in [6, 6.07) is 18.1. The Bertz CT molecular complexity index is 2200. The van der Waals surface area contributed by atoms with E-state index in [0.29, 0.717) is 38.8 Å². The minimum atomic E-state index is -1.02. The van der Waals surface area contributed by atoms with Crippen molar-refractivity contribution in [2.75, 3.05) is 26.7 Å². The molecular formula is C51H73N5O4. The second kappa shape index (κ2) is 17.5. The molecule has 2 atom stereocenters. The van der Waals surface area contributed by atoms with Crippen LogP contribution >= 0.6 is 0 Å². The molecule has 0 aliphatic heterocycles. The Morgan fingerprint density at radius 3 is 1.88 bits per heavy atom. The van der Waals surface area contributed by atoms with Gasteiger partial charge >= 0.3 is 5.97 Å². The lowest BCUT2D eigenvalue weighted by atomic mass is 9.77. The number of hydrogen-bond donors (Lipinski definition) is 5. The van der Waals surface area contributed by atoms with Gasteiger partial charge < -0.3 is 31.8 Å². The van der Waals surface area contributed by atoms with E-state index in [9.17, 15) is 4.79 Å². The molecule has 9 nitrogen and oxygen atoms in total. The van der Waals surface area contributed by atoms with E-state index in [2.05, 4.69) is 135 Å². The van der Waals surface area contributed by atoms with Gasteiger partial charge in [0.25, 0.3) is 0 Å². The maximum absolute atomic E-state index is 15.1. The predicted octanol–water partition coefficient (Wildman–Crippen LogP) is 8.95. The van der Waals surface area contributed by atoms with Gasteiger partial charge in [0, 0.05) is 35.0 Å². The third kappa shape index (κ3) is 9.68. The van der Waals surface area contributed by atoms with Gasteiger partial charge in [-0.3, -0.25) is 14.4 Å². The largest absolute Gasteiger partial charge is 0.469 e. The molecule has 1 aliphatic carbocycles. The summed E-state index contributed by atoms with van der Waals surface area (Å²) in [6.07, 6.45) is 2.23. The number of benzene rings is 3. The molecule has 0 fully saturated rings. The van der Waals surface area contributed by atoms with Gasteiger partial charge in [0.1, 0.15) is 6.04 Å². The summed E-state index contributed by atoms with van der Waals surface area (Å²) in [7, 11) is 1.37. The van der Waals surface area contributed by atoms with E-state index >= 15 is 9.59 Å². The summed E-state index contributed by atoms with van der Waals surface area (Å²) in [6.45, 7) is 27.2. The predicted molar refractivity (Wildman–Crippen MR) is 246 cm³/mol. The number of esters is 1. The molecule has 2 unspecified atom stereocenters. The molecule has 9 heteroatoms. The quantitative estimate of drug-likeness (QED) is 0.0802. The second-order valence-electron chi connectivity index (χ2n) is 21.3. The minimum absolute atomic E-state index is 0.0249. The van der Waals surface area contributed by atoms with Gasteiger partial charge in [-0.2, -0.15) is 0 Å². The lowest BCUT2D eigenvalue weighted by molar-refractivity contribution is -0.154. The highest BCUT2D eigenvalue weighted by atomic mass is 16.5. The van der Waals surface area contributed by atoms with Crippen LogP contribution in [0.1, 0.15) is 154 Å². The number of carbonyl (C=O) groups excluding carboxylic acids is 3. The van der Waals surface area contributed by atoms with E-state index in [0.717, 1.165) is 50.0 Å². The number of H-pyrrole nitrogens is 1. The van der Waals surface area contributed by atoms with E-state index in [4.69, 9.17) is 16.2 Å². The number of carbonyl (C=O) groups is 3. The van der Waals surface area contributed by atoms with E-state index in [1.54, 1.807) is 0 Å². The van der Waals surface area contributed by atoms with Crippen LogP contribution in [0.15, 0.2) is 54.6 Å². The number of nitrogens with two attached hydrogens (primary N) is 2. The Morgan fingerprint density at radius 2 is 1.33 bits per heavy atom. The maximum atomic E-state index is 15.1. The molecule has 0 spiro atoms. The Morgan fingerprint density at radius 1 is 0.733 bits per heavy atom. The minimum Gasteiger partial charge on any atom is -0.469 e. The Kier molecular flexibility index (Phi) is 13.6. The van der Waals surface area contributed by atoms with Crippen molar-refractivity contribution < 1.29 is 19.1 Å². The number of ether oxygens (including phenoxy) is 1. The third-order valence-electron chi connectivity index (χ3n) is 12.5. The Labute approximate surface area is 359 Å². The molecule has 1 heterocycles. The van der Waals surface area contributed by atoms with E-state index in [1.165, 1.54) is 18.2 Å². The van der Waals surface area contributed by atoms with Gasteiger partial charge in [-0.1, -0.05) is 132 Å². The molecule has 5 rings (SSSR count). The number of aromatic nitrogens is 1. The van der Waals surface area contributed by atoms with Crippen LogP contribution in [0.25, 0.3) is 22.0 Å². The first kappa shape index (κ1) is 46.6. The highest BCUT2D eigenvalue weighted by molar-refractivity contribution is 5.99. The topological polar surface area (TPSA) is 152 Å². The second-order valence-corrected chi connectivity index (χ2v) is 21.3. The standard InChI is InChI=1S/C51H73N5O4/c1-47(2,3)31-20-21-34-33-18-14-15-19-35(33)41(36(34)26-31)45(58)56-40(44(57)54-30-51(22-16-24-52,23-17-25-53)46(59)60-13)29-37-42-38(49(7,8)9)27-32(48(4,5)6)28-39(42)55-43(37)50(10,11)12/h14-15,18-21,26-28,40-41,55H,16-17,22-25,29-30,52-53H2,1-13H3,(H,54,57)(H,56,58). The van der Waals surface area contributed by atoms with Gasteiger partial charge in [-0.05, 0) is 106 Å². The average Bonchev–Trinajstić information content (AvgIpc) is 3.71. The Balaban J connectivity index is 1.69. The number of amides is 2. The van der Waals surface area contributed by atoms with Crippen LogP contribution in [-0.4, -0.2) is 55.6 Å². The summed E-state index contributed by atoms with van der Waals surface area (Å²) in [5.74, 6) is -1.65. The third-order valence-corrected chi connectivity index (χ3v) is 12.5. The first-order chi connectivity index (χ1) is 27.9. The zero-order valence-corrected chi connectivity index (χ0v) is 38.8. The van der Waals surface area contributed by atoms with Crippen molar-refractivity contribution in [1.29, 1.82) is 0 Å². The van der Waals surface area contributed by atoms with Gasteiger partial charge in [0.05, 0.1) is 18.4 Å². The van der Waals surface area contributed by atoms with E-state index in [1.807, 2.05) is 18.2 Å². The maximum Gasteiger partial charge on any atom is 0.313 e. The van der Waals surface area contributed by atoms with Crippen molar-refractivity contribution in [2.24, 2.45) is 16.9 Å². The van der Waals surface area contributed by atoms with Crippen LogP contribution in [0.5, 0.6) is 0 Å². The average molecular weight is 820 g/mol. The molecule has 0 radical (unpaired) electrons. The first-order valence-electron chi connectivity index (χ1n) is 21.9. The molecule has 2 amide bonds. The molecular weight excluding hydrogens is 747 g/mol. The van der Waals surface area contributed by atoms with Gasteiger partial charge in [0.2, 0.25) is 11.8 Å². The summed E-state index contributed by atoms with van der Waals surface area (Å²) in [5, 5.41) is 7.56. The fraction of sp³-hybridized carbons (Fsp3) is 0.549. The van der Waals surface area contributed by atoms with Crippen LogP contribution < -0.4 is 22.1 Å². The van der Waals surface area contributed by atoms with Crippen molar-refractivity contribution in [3.8, 4) is 11.1 Å². The number of rotatable bonds is 14. The number of aromatic amines is 1. The number of fused-ring (bicyclic) bond motifs is 4. The molecule has 3 aromatic carbocycles. The molecule has 1 aromatic heterocycles. The van der Waals surface area contributed by atoms with Gasteiger partial charge in [-0.15, -0.1) is 0 Å². The van der Waals surface area contributed by atoms with Gasteiger partial charge in [-0.25, -0.2) is 0 Å². The van der Waals surface area contributed by atoms with E-state index < -0.39 is 23.3 Å². The van der Waals surface area contributed by atoms with Crippen molar-refractivity contribution in [3.05, 3.63) is 93.7 Å². The zero-order chi connectivity index (χ0) is 44.6.